The summed E-state index contributed by atoms with van der Waals surface area (Å²) < 4.78 is 38.5. The zero-order chi connectivity index (χ0) is 29.5. The van der Waals surface area contributed by atoms with Gasteiger partial charge in [0.15, 0.2) is 17.3 Å². The number of fused-ring (bicyclic) bond motifs is 1. The van der Waals surface area contributed by atoms with Crippen molar-refractivity contribution in [1.29, 1.82) is 0 Å². The molecule has 42 heavy (non-hydrogen) atoms. The van der Waals surface area contributed by atoms with E-state index in [1.807, 2.05) is 0 Å². The number of H-pyrrole nitrogens is 1. The van der Waals surface area contributed by atoms with Crippen LogP contribution in [-0.4, -0.2) is 75.5 Å². The maximum atomic E-state index is 13.4. The third-order valence-electron chi connectivity index (χ3n) is 7.12. The van der Waals surface area contributed by atoms with E-state index in [0.29, 0.717) is 58.9 Å². The molecule has 5 rings (SSSR count). The quantitative estimate of drug-likeness (QED) is 0.162. The number of aromatic nitrogens is 4. The van der Waals surface area contributed by atoms with Gasteiger partial charge in [-0.3, -0.25) is 14.8 Å². The van der Waals surface area contributed by atoms with Gasteiger partial charge in [-0.25, -0.2) is 18.7 Å². The van der Waals surface area contributed by atoms with Crippen LogP contribution in [-0.2, 0) is 11.2 Å². The summed E-state index contributed by atoms with van der Waals surface area (Å²) in [6.45, 7) is 2.18. The Kier molecular flexibility index (Phi) is 9.39. The van der Waals surface area contributed by atoms with E-state index in [4.69, 9.17) is 9.47 Å². The Labute approximate surface area is 241 Å². The van der Waals surface area contributed by atoms with E-state index in [1.165, 1.54) is 25.6 Å². The van der Waals surface area contributed by atoms with Crippen LogP contribution in [0.5, 0.6) is 11.5 Å². The molecule has 1 aliphatic carbocycles. The molecule has 0 radical (unpaired) electrons. The first-order valence-corrected chi connectivity index (χ1v) is 13.8. The lowest BCUT2D eigenvalue weighted by Crippen LogP contribution is -2.42. The molecule has 2 aromatic carbocycles. The molecule has 11 nitrogen and oxygen atoms in total. The highest BCUT2D eigenvalue weighted by atomic mass is 19.1. The highest BCUT2D eigenvalue weighted by Gasteiger charge is 2.24. The van der Waals surface area contributed by atoms with Gasteiger partial charge in [-0.05, 0) is 37.5 Å². The summed E-state index contributed by atoms with van der Waals surface area (Å²) in [7, 11) is 1.56. The summed E-state index contributed by atoms with van der Waals surface area (Å²) in [5.74, 6) is -0.0522. The van der Waals surface area contributed by atoms with Gasteiger partial charge in [0, 0.05) is 54.1 Å². The van der Waals surface area contributed by atoms with Gasteiger partial charge >= 0.3 is 0 Å². The highest BCUT2D eigenvalue weighted by Crippen LogP contribution is 2.35. The fourth-order valence-corrected chi connectivity index (χ4v) is 4.88. The van der Waals surface area contributed by atoms with Crippen LogP contribution < -0.4 is 20.1 Å². The zero-order valence-electron chi connectivity index (χ0n) is 23.2. The minimum atomic E-state index is -0.782. The molecule has 0 saturated heterocycles. The van der Waals surface area contributed by atoms with Crippen LogP contribution in [0.25, 0.3) is 10.9 Å². The molecule has 4 N–H and O–H groups in total. The molecule has 13 heteroatoms. The molecule has 0 atom stereocenters. The second kappa shape index (κ2) is 13.5. The van der Waals surface area contributed by atoms with Crippen molar-refractivity contribution in [2.45, 2.75) is 38.1 Å². The minimum absolute atomic E-state index is 0.0254. The molecule has 0 aliphatic heterocycles. The van der Waals surface area contributed by atoms with E-state index in [-0.39, 0.29) is 18.7 Å². The number of amides is 1. The van der Waals surface area contributed by atoms with Gasteiger partial charge in [-0.2, -0.15) is 5.10 Å². The van der Waals surface area contributed by atoms with E-state index < -0.39 is 17.5 Å². The average molecular weight is 582 g/mol. The highest BCUT2D eigenvalue weighted by molar-refractivity contribution is 5.93. The molecular formula is C29H33F2N7O4. The maximum absolute atomic E-state index is 13.4. The number of ether oxygens (including phenoxy) is 2. The maximum Gasteiger partial charge on any atom is 0.230 e. The Morgan fingerprint density at radius 2 is 1.90 bits per heavy atom. The second-order valence-corrected chi connectivity index (χ2v) is 10.1. The molecule has 1 fully saturated rings. The number of aromatic amines is 1. The summed E-state index contributed by atoms with van der Waals surface area (Å²) >= 11 is 0. The van der Waals surface area contributed by atoms with Crippen molar-refractivity contribution in [3.63, 3.8) is 0 Å². The van der Waals surface area contributed by atoms with Crippen molar-refractivity contribution >= 4 is 34.1 Å². The summed E-state index contributed by atoms with van der Waals surface area (Å²) in [5, 5.41) is 22.6. The Morgan fingerprint density at radius 3 is 2.62 bits per heavy atom. The van der Waals surface area contributed by atoms with Crippen molar-refractivity contribution in [3.8, 4) is 11.5 Å². The van der Waals surface area contributed by atoms with Gasteiger partial charge in [0.25, 0.3) is 0 Å². The number of benzene rings is 2. The van der Waals surface area contributed by atoms with Gasteiger partial charge in [0.05, 0.1) is 32.3 Å². The van der Waals surface area contributed by atoms with Crippen LogP contribution in [0.3, 0.4) is 0 Å². The number of anilines is 3. The van der Waals surface area contributed by atoms with Crippen LogP contribution in [0.1, 0.15) is 31.4 Å². The largest absolute Gasteiger partial charge is 0.493 e. The lowest BCUT2D eigenvalue weighted by Gasteiger charge is -2.37. The number of hydrogen-bond acceptors (Lipinski definition) is 9. The number of halogens is 2. The zero-order valence-corrected chi connectivity index (χ0v) is 23.2. The predicted molar refractivity (Wildman–Crippen MR) is 153 cm³/mol. The standard InChI is InChI=1S/C29H33F2N7O4/c1-41-25-15-23-24(16-26(25)42-9-3-6-38(7-8-39)22-4-2-5-22)32-17-33-29(23)35-27-13-21(36-37-27)14-28(40)34-20-11-18(30)10-19(31)12-20/h10-13,15-17,22,39H,2-9,14H2,1H3,(H,34,40)(H2,32,33,35,36,37). The predicted octanol–water partition coefficient (Wildman–Crippen LogP) is 4.18. The number of hydrogen-bond donors (Lipinski definition) is 4. The number of rotatable bonds is 14. The Bertz CT molecular complexity index is 1510. The van der Waals surface area contributed by atoms with E-state index in [2.05, 4.69) is 35.7 Å². The monoisotopic (exact) mass is 581 g/mol. The molecule has 4 aromatic rings. The molecule has 2 heterocycles. The second-order valence-electron chi connectivity index (χ2n) is 10.1. The fraction of sp³-hybridized carbons (Fsp3) is 0.379. The first-order chi connectivity index (χ1) is 20.4. The summed E-state index contributed by atoms with van der Waals surface area (Å²) in [6.07, 6.45) is 5.75. The number of carbonyl (C=O) groups excluding carboxylic acids is 1. The number of aliphatic hydroxyl groups excluding tert-OH is 1. The van der Waals surface area contributed by atoms with Crippen molar-refractivity contribution in [2.75, 3.05) is 44.0 Å². The van der Waals surface area contributed by atoms with Crippen LogP contribution in [0, 0.1) is 11.6 Å². The lowest BCUT2D eigenvalue weighted by molar-refractivity contribution is -0.115. The van der Waals surface area contributed by atoms with E-state index in [0.717, 1.165) is 31.2 Å². The summed E-state index contributed by atoms with van der Waals surface area (Å²) in [5.41, 5.74) is 1.14. The summed E-state index contributed by atoms with van der Waals surface area (Å²) in [4.78, 5) is 23.4. The molecule has 2 aromatic heterocycles. The number of carbonyl (C=O) groups is 1. The molecule has 0 spiro atoms. The molecular weight excluding hydrogens is 548 g/mol. The fourth-order valence-electron chi connectivity index (χ4n) is 4.88. The van der Waals surface area contributed by atoms with Gasteiger partial charge in [0.1, 0.15) is 23.8 Å². The van der Waals surface area contributed by atoms with Gasteiger partial charge in [0.2, 0.25) is 5.91 Å². The van der Waals surface area contributed by atoms with Gasteiger partial charge in [-0.1, -0.05) is 6.42 Å². The van der Waals surface area contributed by atoms with Crippen molar-refractivity contribution in [1.82, 2.24) is 25.1 Å². The van der Waals surface area contributed by atoms with E-state index >= 15 is 0 Å². The molecule has 222 valence electrons. The van der Waals surface area contributed by atoms with Gasteiger partial charge < -0.3 is 25.2 Å². The number of methoxy groups -OCH3 is 1. The third-order valence-corrected chi connectivity index (χ3v) is 7.12. The Hall–Kier alpha value is -4.36. The Morgan fingerprint density at radius 1 is 1.10 bits per heavy atom. The minimum Gasteiger partial charge on any atom is -0.493 e. The van der Waals surface area contributed by atoms with Crippen molar-refractivity contribution in [2.24, 2.45) is 0 Å². The van der Waals surface area contributed by atoms with E-state index in [1.54, 1.807) is 25.3 Å². The smallest absolute Gasteiger partial charge is 0.230 e. The average Bonchev–Trinajstić information content (AvgIpc) is 3.35. The van der Waals surface area contributed by atoms with E-state index in [9.17, 15) is 18.7 Å². The van der Waals surface area contributed by atoms with Crippen LogP contribution in [0.2, 0.25) is 0 Å². The first kappa shape index (κ1) is 29.1. The summed E-state index contributed by atoms with van der Waals surface area (Å²) in [6, 6.07) is 8.59. The molecule has 1 aliphatic rings. The normalized spacial score (nSPS) is 13.3. The van der Waals surface area contributed by atoms with Crippen molar-refractivity contribution in [3.05, 3.63) is 60.1 Å². The number of nitrogens with one attached hydrogen (secondary N) is 3. The molecule has 0 unspecified atom stereocenters. The topological polar surface area (TPSA) is 138 Å². The number of aliphatic hydroxyl groups is 1. The Balaban J connectivity index is 1.21. The third kappa shape index (κ3) is 7.28. The SMILES string of the molecule is COc1cc2c(Nc3cc(CC(=O)Nc4cc(F)cc(F)c4)[nH]n3)ncnc2cc1OCCCN(CCO)C1CCC1. The molecule has 1 amide bonds. The van der Waals surface area contributed by atoms with Crippen LogP contribution >= 0.6 is 0 Å². The molecule has 1 saturated carbocycles. The van der Waals surface area contributed by atoms with Crippen LogP contribution in [0.15, 0.2) is 42.7 Å². The van der Waals surface area contributed by atoms with Crippen molar-refractivity contribution < 1.29 is 28.2 Å². The molecule has 0 bridgehead atoms. The lowest BCUT2D eigenvalue weighted by atomic mass is 9.91. The first-order valence-electron chi connectivity index (χ1n) is 13.8. The van der Waals surface area contributed by atoms with Gasteiger partial charge in [-0.15, -0.1) is 0 Å². The number of nitrogens with zero attached hydrogens (tertiary/aromatic N) is 4. The van der Waals surface area contributed by atoms with Crippen LogP contribution in [0.4, 0.5) is 26.1 Å².